The molecule has 0 amide bonds. The molecule has 0 saturated carbocycles. The van der Waals surface area contributed by atoms with E-state index in [1.54, 1.807) is 25.1 Å². The van der Waals surface area contributed by atoms with Crippen LogP contribution in [-0.2, 0) is 10.0 Å². The summed E-state index contributed by atoms with van der Waals surface area (Å²) < 4.78 is 27.4. The highest BCUT2D eigenvalue weighted by Gasteiger charge is 2.24. The molecule has 0 aliphatic rings. The number of anilines is 2. The zero-order valence-electron chi connectivity index (χ0n) is 10.8. The van der Waals surface area contributed by atoms with Crippen LogP contribution in [0.25, 0.3) is 0 Å². The molecule has 0 atom stereocenters. The van der Waals surface area contributed by atoms with Crippen LogP contribution in [0.2, 0.25) is 15.1 Å². The van der Waals surface area contributed by atoms with Crippen LogP contribution in [-0.4, -0.2) is 8.42 Å². The SMILES string of the molecule is Cc1cccc(Cl)c1NS(=O)(=O)c1c(Cl)cc(N)cc1Cl. The first-order valence-corrected chi connectivity index (χ1v) is 8.36. The summed E-state index contributed by atoms with van der Waals surface area (Å²) in [6, 6.07) is 7.68. The molecule has 0 heterocycles. The van der Waals surface area contributed by atoms with Gasteiger partial charge < -0.3 is 5.73 Å². The molecule has 21 heavy (non-hydrogen) atoms. The molecule has 2 aromatic rings. The van der Waals surface area contributed by atoms with Gasteiger partial charge in [-0.2, -0.15) is 0 Å². The molecule has 4 nitrogen and oxygen atoms in total. The van der Waals surface area contributed by atoms with E-state index in [1.807, 2.05) is 0 Å². The predicted octanol–water partition coefficient (Wildman–Crippen LogP) is 4.34. The number of hydrogen-bond acceptors (Lipinski definition) is 3. The molecule has 8 heteroatoms. The second-order valence-electron chi connectivity index (χ2n) is 4.35. The van der Waals surface area contributed by atoms with E-state index in [4.69, 9.17) is 40.5 Å². The second kappa shape index (κ2) is 5.93. The number of hydrogen-bond donors (Lipinski definition) is 2. The fourth-order valence-corrected chi connectivity index (χ4v) is 4.49. The van der Waals surface area contributed by atoms with Gasteiger partial charge >= 0.3 is 0 Å². The predicted molar refractivity (Wildman–Crippen MR) is 87.9 cm³/mol. The third-order valence-electron chi connectivity index (χ3n) is 2.75. The monoisotopic (exact) mass is 364 g/mol. The Morgan fingerprint density at radius 2 is 1.62 bits per heavy atom. The number of sulfonamides is 1. The first-order chi connectivity index (χ1) is 9.72. The maximum atomic E-state index is 12.5. The number of benzene rings is 2. The molecule has 0 unspecified atom stereocenters. The molecule has 112 valence electrons. The summed E-state index contributed by atoms with van der Waals surface area (Å²) >= 11 is 17.9. The van der Waals surface area contributed by atoms with Crippen molar-refractivity contribution >= 4 is 56.2 Å². The Bertz CT molecular complexity index is 764. The zero-order chi connectivity index (χ0) is 15.8. The maximum absolute atomic E-state index is 12.5. The minimum Gasteiger partial charge on any atom is -0.399 e. The summed E-state index contributed by atoms with van der Waals surface area (Å²) in [5.41, 5.74) is 6.80. The standard InChI is InChI=1S/C13H11Cl3N2O2S/c1-7-3-2-4-9(14)12(7)18-21(19,20)13-10(15)5-8(17)6-11(13)16/h2-6,18H,17H2,1H3. The van der Waals surface area contributed by atoms with Gasteiger partial charge in [-0.3, -0.25) is 4.72 Å². The van der Waals surface area contributed by atoms with Crippen LogP contribution in [0.15, 0.2) is 35.2 Å². The number of rotatable bonds is 3. The minimum atomic E-state index is -3.99. The number of aryl methyl sites for hydroxylation is 1. The number of nitrogen functional groups attached to an aromatic ring is 1. The molecule has 0 aliphatic heterocycles. The Hall–Kier alpha value is -1.14. The fourth-order valence-electron chi connectivity index (χ4n) is 1.78. The van der Waals surface area contributed by atoms with Crippen LogP contribution in [0.3, 0.4) is 0 Å². The lowest BCUT2D eigenvalue weighted by Gasteiger charge is -2.14. The first kappa shape index (κ1) is 16.2. The van der Waals surface area contributed by atoms with Gasteiger partial charge in [0.1, 0.15) is 4.90 Å². The van der Waals surface area contributed by atoms with Crippen molar-refractivity contribution in [1.29, 1.82) is 0 Å². The average molecular weight is 366 g/mol. The summed E-state index contributed by atoms with van der Waals surface area (Å²) in [7, 11) is -3.99. The van der Waals surface area contributed by atoms with Crippen LogP contribution in [0.5, 0.6) is 0 Å². The van der Waals surface area contributed by atoms with Gasteiger partial charge in [-0.25, -0.2) is 8.42 Å². The minimum absolute atomic E-state index is 0.0581. The van der Waals surface area contributed by atoms with Crippen LogP contribution < -0.4 is 10.5 Å². The van der Waals surface area contributed by atoms with E-state index in [2.05, 4.69) is 4.72 Å². The molecule has 0 spiro atoms. The summed E-state index contributed by atoms with van der Waals surface area (Å²) in [5.74, 6) is 0. The highest BCUT2D eigenvalue weighted by Crippen LogP contribution is 2.35. The molecular formula is C13H11Cl3N2O2S. The second-order valence-corrected chi connectivity index (χ2v) is 7.19. The van der Waals surface area contributed by atoms with Gasteiger partial charge in [0.25, 0.3) is 10.0 Å². The van der Waals surface area contributed by atoms with Crippen molar-refractivity contribution in [3.63, 3.8) is 0 Å². The van der Waals surface area contributed by atoms with Gasteiger partial charge in [0, 0.05) is 5.69 Å². The Balaban J connectivity index is 2.54. The average Bonchev–Trinajstić information content (AvgIpc) is 2.32. The quantitative estimate of drug-likeness (QED) is 0.795. The molecule has 0 fully saturated rings. The van der Waals surface area contributed by atoms with Gasteiger partial charge in [0.05, 0.1) is 20.8 Å². The third-order valence-corrected chi connectivity index (χ3v) is 5.33. The highest BCUT2D eigenvalue weighted by atomic mass is 35.5. The molecule has 2 rings (SSSR count). The van der Waals surface area contributed by atoms with E-state index in [9.17, 15) is 8.42 Å². The van der Waals surface area contributed by atoms with Crippen LogP contribution in [0.4, 0.5) is 11.4 Å². The van der Waals surface area contributed by atoms with Gasteiger partial charge in [-0.1, -0.05) is 46.9 Å². The van der Waals surface area contributed by atoms with E-state index in [1.165, 1.54) is 12.1 Å². The summed E-state index contributed by atoms with van der Waals surface area (Å²) in [5, 5.41) is 0.163. The summed E-state index contributed by atoms with van der Waals surface area (Å²) in [4.78, 5) is -0.237. The van der Waals surface area contributed by atoms with E-state index in [0.717, 1.165) is 0 Å². The van der Waals surface area contributed by atoms with Crippen LogP contribution in [0.1, 0.15) is 5.56 Å². The molecule has 0 aromatic heterocycles. The van der Waals surface area contributed by atoms with Crippen molar-refractivity contribution in [2.24, 2.45) is 0 Å². The molecular weight excluding hydrogens is 355 g/mol. The lowest BCUT2D eigenvalue weighted by atomic mass is 10.2. The molecule has 2 aromatic carbocycles. The number of para-hydroxylation sites is 1. The van der Waals surface area contributed by atoms with Crippen molar-refractivity contribution < 1.29 is 8.42 Å². The number of nitrogens with one attached hydrogen (secondary N) is 1. The van der Waals surface area contributed by atoms with E-state index >= 15 is 0 Å². The van der Waals surface area contributed by atoms with Gasteiger partial charge in [0.2, 0.25) is 0 Å². The zero-order valence-corrected chi connectivity index (χ0v) is 13.9. The first-order valence-electron chi connectivity index (χ1n) is 5.75. The Morgan fingerprint density at radius 3 is 2.14 bits per heavy atom. The van der Waals surface area contributed by atoms with Crippen molar-refractivity contribution in [2.45, 2.75) is 11.8 Å². The topological polar surface area (TPSA) is 72.2 Å². The molecule has 0 aliphatic carbocycles. The van der Waals surface area contributed by atoms with Crippen molar-refractivity contribution in [2.75, 3.05) is 10.5 Å². The molecule has 0 radical (unpaired) electrons. The number of nitrogens with two attached hydrogens (primary N) is 1. The normalized spacial score (nSPS) is 11.4. The molecule has 0 bridgehead atoms. The Kier molecular flexibility index (Phi) is 4.58. The lowest BCUT2D eigenvalue weighted by molar-refractivity contribution is 0.601. The van der Waals surface area contributed by atoms with Crippen molar-refractivity contribution in [3.05, 3.63) is 51.0 Å². The fraction of sp³-hybridized carbons (Fsp3) is 0.0769. The largest absolute Gasteiger partial charge is 0.399 e. The van der Waals surface area contributed by atoms with Crippen LogP contribution >= 0.6 is 34.8 Å². The lowest BCUT2D eigenvalue weighted by Crippen LogP contribution is -2.15. The van der Waals surface area contributed by atoms with E-state index in [-0.39, 0.29) is 31.3 Å². The smallest absolute Gasteiger partial charge is 0.264 e. The van der Waals surface area contributed by atoms with E-state index in [0.29, 0.717) is 5.56 Å². The molecule has 0 saturated heterocycles. The number of halogens is 3. The summed E-state index contributed by atoms with van der Waals surface area (Å²) in [6.45, 7) is 1.73. The van der Waals surface area contributed by atoms with Gasteiger partial charge in [0.15, 0.2) is 0 Å². The Morgan fingerprint density at radius 1 is 1.05 bits per heavy atom. The Labute approximate surface area is 137 Å². The van der Waals surface area contributed by atoms with E-state index < -0.39 is 10.0 Å². The highest BCUT2D eigenvalue weighted by molar-refractivity contribution is 7.93. The van der Waals surface area contributed by atoms with Gasteiger partial charge in [-0.05, 0) is 30.7 Å². The van der Waals surface area contributed by atoms with Crippen molar-refractivity contribution in [1.82, 2.24) is 0 Å². The molecule has 3 N–H and O–H groups in total. The third kappa shape index (κ3) is 3.37. The summed E-state index contributed by atoms with van der Waals surface area (Å²) in [6.07, 6.45) is 0. The van der Waals surface area contributed by atoms with Gasteiger partial charge in [-0.15, -0.1) is 0 Å². The van der Waals surface area contributed by atoms with Crippen LogP contribution in [0, 0.1) is 6.92 Å². The maximum Gasteiger partial charge on any atom is 0.264 e. The van der Waals surface area contributed by atoms with Crippen molar-refractivity contribution in [3.8, 4) is 0 Å².